The standard InChI is InChI=1S/C27H34N4O3/c1-18(2)13-25(30(3)17-19-9-8-10-21(14-19)34-5)27(33)31(4)20(16-28)15-23-22-11-6-7-12-24(22)29-26(23)32/h6-12,14,18,20,23,25H,13,15,17H2,1-5H3,(H,29,32). The molecular formula is C27H34N4O3. The summed E-state index contributed by atoms with van der Waals surface area (Å²) in [5.41, 5.74) is 2.70. The van der Waals surface area contributed by atoms with Gasteiger partial charge in [0.25, 0.3) is 0 Å². The van der Waals surface area contributed by atoms with Gasteiger partial charge in [-0.1, -0.05) is 44.2 Å². The van der Waals surface area contributed by atoms with Gasteiger partial charge in [0, 0.05) is 19.3 Å². The summed E-state index contributed by atoms with van der Waals surface area (Å²) in [5.74, 6) is 0.375. The Morgan fingerprint density at radius 3 is 2.59 bits per heavy atom. The Morgan fingerprint density at radius 2 is 1.91 bits per heavy atom. The SMILES string of the molecule is COc1cccc(CN(C)C(CC(C)C)C(=O)N(C)C(C#N)CC2C(=O)Nc3ccccc32)c1. The number of benzene rings is 2. The van der Waals surface area contributed by atoms with Gasteiger partial charge >= 0.3 is 0 Å². The maximum atomic E-state index is 13.6. The van der Waals surface area contributed by atoms with Gasteiger partial charge in [0.1, 0.15) is 11.8 Å². The van der Waals surface area contributed by atoms with Crippen molar-refractivity contribution in [3.05, 3.63) is 59.7 Å². The minimum atomic E-state index is -0.714. The Bertz CT molecular complexity index is 1060. The van der Waals surface area contributed by atoms with E-state index in [2.05, 4.69) is 25.2 Å². The molecule has 0 fully saturated rings. The fraction of sp³-hybridized carbons (Fsp3) is 0.444. The average molecular weight is 463 g/mol. The third kappa shape index (κ3) is 5.75. The minimum Gasteiger partial charge on any atom is -0.497 e. The van der Waals surface area contributed by atoms with E-state index in [1.807, 2.05) is 60.5 Å². The number of carbonyl (C=O) groups excluding carboxylic acids is 2. The first-order valence-electron chi connectivity index (χ1n) is 11.6. The molecule has 0 saturated carbocycles. The number of anilines is 1. The number of nitrogens with one attached hydrogen (secondary N) is 1. The van der Waals surface area contributed by atoms with Crippen LogP contribution in [0.4, 0.5) is 5.69 Å². The number of nitriles is 1. The monoisotopic (exact) mass is 462 g/mol. The summed E-state index contributed by atoms with van der Waals surface area (Å²) in [5, 5.41) is 12.8. The number of likely N-dealkylation sites (N-methyl/N-ethyl adjacent to an activating group) is 2. The summed E-state index contributed by atoms with van der Waals surface area (Å²) >= 11 is 0. The second-order valence-corrected chi connectivity index (χ2v) is 9.37. The summed E-state index contributed by atoms with van der Waals surface area (Å²) in [4.78, 5) is 29.8. The topological polar surface area (TPSA) is 85.7 Å². The molecule has 2 amide bonds. The number of para-hydroxylation sites is 1. The smallest absolute Gasteiger partial charge is 0.240 e. The molecule has 3 rings (SSSR count). The van der Waals surface area contributed by atoms with E-state index in [0.717, 1.165) is 22.6 Å². The molecule has 1 heterocycles. The highest BCUT2D eigenvalue weighted by molar-refractivity contribution is 6.02. The van der Waals surface area contributed by atoms with Crippen LogP contribution in [0.1, 0.15) is 43.7 Å². The molecule has 1 aliphatic heterocycles. The normalized spacial score (nSPS) is 16.5. The first-order valence-corrected chi connectivity index (χ1v) is 11.6. The lowest BCUT2D eigenvalue weighted by Crippen LogP contribution is -2.49. The van der Waals surface area contributed by atoms with Crippen LogP contribution < -0.4 is 10.1 Å². The summed E-state index contributed by atoms with van der Waals surface area (Å²) in [6.07, 6.45) is 0.921. The molecule has 0 aromatic heterocycles. The van der Waals surface area contributed by atoms with Gasteiger partial charge in [0.05, 0.1) is 25.1 Å². The summed E-state index contributed by atoms with van der Waals surface area (Å²) in [6, 6.07) is 16.5. The highest BCUT2D eigenvalue weighted by atomic mass is 16.5. The van der Waals surface area contributed by atoms with Gasteiger partial charge in [0.15, 0.2) is 0 Å². The number of fused-ring (bicyclic) bond motifs is 1. The molecule has 1 N–H and O–H groups in total. The summed E-state index contributed by atoms with van der Waals surface area (Å²) < 4.78 is 5.33. The average Bonchev–Trinajstić information content (AvgIpc) is 3.14. The lowest BCUT2D eigenvalue weighted by molar-refractivity contribution is -0.137. The zero-order valence-corrected chi connectivity index (χ0v) is 20.6. The number of ether oxygens (including phenoxy) is 1. The Morgan fingerprint density at radius 1 is 1.18 bits per heavy atom. The third-order valence-corrected chi connectivity index (χ3v) is 6.41. The predicted octanol–water partition coefficient (Wildman–Crippen LogP) is 4.02. The van der Waals surface area contributed by atoms with Gasteiger partial charge in [-0.25, -0.2) is 0 Å². The molecule has 2 aromatic rings. The second-order valence-electron chi connectivity index (χ2n) is 9.37. The number of carbonyl (C=O) groups is 2. The lowest BCUT2D eigenvalue weighted by atomic mass is 9.92. The van der Waals surface area contributed by atoms with Crippen molar-refractivity contribution in [2.45, 2.75) is 51.2 Å². The van der Waals surface area contributed by atoms with Crippen molar-refractivity contribution in [3.8, 4) is 11.8 Å². The van der Waals surface area contributed by atoms with Crippen LogP contribution in [0.15, 0.2) is 48.5 Å². The number of methoxy groups -OCH3 is 1. The van der Waals surface area contributed by atoms with E-state index in [0.29, 0.717) is 18.9 Å². The van der Waals surface area contributed by atoms with E-state index < -0.39 is 18.0 Å². The molecule has 3 unspecified atom stereocenters. The third-order valence-electron chi connectivity index (χ3n) is 6.41. The van der Waals surface area contributed by atoms with E-state index in [4.69, 9.17) is 4.74 Å². The second kappa shape index (κ2) is 11.2. The van der Waals surface area contributed by atoms with E-state index in [1.165, 1.54) is 4.90 Å². The largest absolute Gasteiger partial charge is 0.497 e. The first-order chi connectivity index (χ1) is 16.2. The molecule has 0 radical (unpaired) electrons. The molecule has 0 spiro atoms. The number of amides is 2. The molecule has 0 aliphatic carbocycles. The molecule has 7 heteroatoms. The number of rotatable bonds is 10. The van der Waals surface area contributed by atoms with Crippen molar-refractivity contribution in [1.82, 2.24) is 9.80 Å². The number of nitrogens with zero attached hydrogens (tertiary/aromatic N) is 3. The van der Waals surface area contributed by atoms with Crippen molar-refractivity contribution in [2.75, 3.05) is 26.5 Å². The van der Waals surface area contributed by atoms with Crippen LogP contribution in [0.2, 0.25) is 0 Å². The van der Waals surface area contributed by atoms with E-state index in [-0.39, 0.29) is 18.2 Å². The maximum absolute atomic E-state index is 13.6. The van der Waals surface area contributed by atoms with Gasteiger partial charge < -0.3 is 15.0 Å². The zero-order valence-electron chi connectivity index (χ0n) is 20.6. The summed E-state index contributed by atoms with van der Waals surface area (Å²) in [6.45, 7) is 4.74. The molecule has 2 aromatic carbocycles. The van der Waals surface area contributed by atoms with Crippen LogP contribution in [0, 0.1) is 17.2 Å². The Labute approximate surface area is 202 Å². The lowest BCUT2D eigenvalue weighted by Gasteiger charge is -2.34. The van der Waals surface area contributed by atoms with Crippen molar-refractivity contribution in [3.63, 3.8) is 0 Å². The number of hydrogen-bond acceptors (Lipinski definition) is 5. The van der Waals surface area contributed by atoms with Gasteiger partial charge in [-0.15, -0.1) is 0 Å². The molecular weight excluding hydrogens is 428 g/mol. The highest BCUT2D eigenvalue weighted by Crippen LogP contribution is 2.35. The molecule has 0 saturated heterocycles. The molecule has 0 bridgehead atoms. The Hall–Kier alpha value is -3.37. The maximum Gasteiger partial charge on any atom is 0.240 e. The van der Waals surface area contributed by atoms with Crippen LogP contribution in [0.25, 0.3) is 0 Å². The van der Waals surface area contributed by atoms with Crippen LogP contribution in [-0.4, -0.2) is 54.9 Å². The summed E-state index contributed by atoms with van der Waals surface area (Å²) in [7, 11) is 5.23. The predicted molar refractivity (Wildman–Crippen MR) is 132 cm³/mol. The van der Waals surface area contributed by atoms with Crippen molar-refractivity contribution >= 4 is 17.5 Å². The van der Waals surface area contributed by atoms with Crippen molar-refractivity contribution in [1.29, 1.82) is 5.26 Å². The first kappa shape index (κ1) is 25.3. The van der Waals surface area contributed by atoms with Crippen molar-refractivity contribution in [2.24, 2.45) is 5.92 Å². The van der Waals surface area contributed by atoms with Crippen LogP contribution in [0.3, 0.4) is 0 Å². The molecule has 34 heavy (non-hydrogen) atoms. The van der Waals surface area contributed by atoms with Crippen LogP contribution in [-0.2, 0) is 16.1 Å². The fourth-order valence-electron chi connectivity index (χ4n) is 4.50. The Kier molecular flexibility index (Phi) is 8.30. The van der Waals surface area contributed by atoms with Crippen molar-refractivity contribution < 1.29 is 14.3 Å². The van der Waals surface area contributed by atoms with E-state index >= 15 is 0 Å². The minimum absolute atomic E-state index is 0.114. The highest BCUT2D eigenvalue weighted by Gasteiger charge is 2.36. The fourth-order valence-corrected chi connectivity index (χ4v) is 4.50. The van der Waals surface area contributed by atoms with Crippen LogP contribution in [0.5, 0.6) is 5.75 Å². The number of hydrogen-bond donors (Lipinski definition) is 1. The van der Waals surface area contributed by atoms with Gasteiger partial charge in [0.2, 0.25) is 11.8 Å². The van der Waals surface area contributed by atoms with E-state index in [1.54, 1.807) is 14.2 Å². The van der Waals surface area contributed by atoms with E-state index in [9.17, 15) is 14.9 Å². The van der Waals surface area contributed by atoms with Gasteiger partial charge in [-0.05, 0) is 55.1 Å². The zero-order chi connectivity index (χ0) is 24.8. The van der Waals surface area contributed by atoms with Crippen LogP contribution >= 0.6 is 0 Å². The molecule has 3 atom stereocenters. The van der Waals surface area contributed by atoms with Gasteiger partial charge in [-0.2, -0.15) is 5.26 Å². The Balaban J connectivity index is 1.76. The molecule has 180 valence electrons. The quantitative estimate of drug-likeness (QED) is 0.576. The van der Waals surface area contributed by atoms with Gasteiger partial charge in [-0.3, -0.25) is 14.5 Å². The molecule has 7 nitrogen and oxygen atoms in total. The molecule has 1 aliphatic rings.